The van der Waals surface area contributed by atoms with Gasteiger partial charge >= 0.3 is 6.03 Å². The highest BCUT2D eigenvalue weighted by atomic mass is 35.5. The molecule has 2 heterocycles. The third-order valence-electron chi connectivity index (χ3n) is 5.24. The van der Waals surface area contributed by atoms with Crippen LogP contribution in [0.25, 0.3) is 11.0 Å². The Morgan fingerprint density at radius 2 is 1.63 bits per heavy atom. The van der Waals surface area contributed by atoms with Crippen LogP contribution < -0.4 is 15.5 Å². The van der Waals surface area contributed by atoms with Crippen LogP contribution in [-0.4, -0.2) is 22.1 Å². The minimum Gasteiger partial charge on any atom is -0.362 e. The Balaban J connectivity index is 1.27. The van der Waals surface area contributed by atoms with E-state index in [0.29, 0.717) is 5.02 Å². The first-order valence-corrected chi connectivity index (χ1v) is 10.2. The zero-order valence-electron chi connectivity index (χ0n) is 16.2. The van der Waals surface area contributed by atoms with E-state index in [9.17, 15) is 4.79 Å². The Labute approximate surface area is 179 Å². The summed E-state index contributed by atoms with van der Waals surface area (Å²) in [7, 11) is 0. The van der Waals surface area contributed by atoms with Gasteiger partial charge in [0.15, 0.2) is 0 Å². The van der Waals surface area contributed by atoms with Gasteiger partial charge in [0.25, 0.3) is 0 Å². The third-order valence-corrected chi connectivity index (χ3v) is 5.47. The highest BCUT2D eigenvalue weighted by Gasteiger charge is 2.20. The van der Waals surface area contributed by atoms with Crippen molar-refractivity contribution in [2.45, 2.75) is 13.1 Å². The molecule has 1 aromatic heterocycles. The summed E-state index contributed by atoms with van der Waals surface area (Å²) in [6.07, 6.45) is 0. The van der Waals surface area contributed by atoms with Crippen molar-refractivity contribution in [1.82, 2.24) is 9.55 Å². The number of para-hydroxylation sites is 1. The van der Waals surface area contributed by atoms with Crippen molar-refractivity contribution < 1.29 is 4.79 Å². The first-order chi connectivity index (χ1) is 14.7. The van der Waals surface area contributed by atoms with Crippen LogP contribution in [0.3, 0.4) is 0 Å². The van der Waals surface area contributed by atoms with Crippen LogP contribution in [0, 0.1) is 0 Å². The van der Waals surface area contributed by atoms with E-state index in [-0.39, 0.29) is 6.03 Å². The molecule has 2 amide bonds. The average Bonchev–Trinajstić information content (AvgIpc) is 3.11. The summed E-state index contributed by atoms with van der Waals surface area (Å²) in [5, 5.41) is 6.38. The second-order valence-electron chi connectivity index (χ2n) is 7.23. The average molecular weight is 418 g/mol. The number of aromatic nitrogens is 2. The molecule has 0 atom stereocenters. The van der Waals surface area contributed by atoms with E-state index >= 15 is 0 Å². The number of imidazole rings is 1. The van der Waals surface area contributed by atoms with Crippen LogP contribution in [-0.2, 0) is 13.1 Å². The summed E-state index contributed by atoms with van der Waals surface area (Å²) >= 11 is 6.11. The minimum atomic E-state index is -0.265. The monoisotopic (exact) mass is 417 g/mol. The van der Waals surface area contributed by atoms with Gasteiger partial charge in [0, 0.05) is 35.2 Å². The van der Waals surface area contributed by atoms with Crippen LogP contribution in [0.15, 0.2) is 72.8 Å². The first-order valence-electron chi connectivity index (χ1n) is 9.78. The number of fused-ring (bicyclic) bond motifs is 3. The smallest absolute Gasteiger partial charge is 0.323 e. The summed E-state index contributed by atoms with van der Waals surface area (Å²) in [6, 6.07) is 22.8. The Bertz CT molecular complexity index is 1200. The lowest BCUT2D eigenvalue weighted by Crippen LogP contribution is -2.33. The van der Waals surface area contributed by atoms with Crippen LogP contribution in [0.5, 0.6) is 0 Å². The van der Waals surface area contributed by atoms with Crippen LogP contribution in [0.4, 0.5) is 21.9 Å². The maximum Gasteiger partial charge on any atom is 0.323 e. The van der Waals surface area contributed by atoms with Crippen LogP contribution in [0.1, 0.15) is 5.82 Å². The number of nitrogens with zero attached hydrogens (tertiary/aromatic N) is 3. The lowest BCUT2D eigenvalue weighted by Gasteiger charge is -2.30. The fourth-order valence-corrected chi connectivity index (χ4v) is 3.95. The van der Waals surface area contributed by atoms with Crippen LogP contribution >= 0.6 is 11.6 Å². The van der Waals surface area contributed by atoms with Crippen molar-refractivity contribution in [2.75, 3.05) is 22.1 Å². The van der Waals surface area contributed by atoms with Gasteiger partial charge in [-0.2, -0.15) is 0 Å². The molecule has 0 fully saturated rings. The molecular formula is C23H20ClN5O. The standard InChI is InChI=1S/C23H20ClN5O/c24-16-6-11-21-20(14-16)27-22-15-28(12-13-29(21)22)19-9-7-18(8-10-19)26-23(30)25-17-4-2-1-3-5-17/h1-11,14H,12-13,15H2,(H2,25,26,30). The van der Waals surface area contributed by atoms with Crippen molar-refractivity contribution >= 4 is 45.7 Å². The molecule has 150 valence electrons. The maximum atomic E-state index is 12.2. The van der Waals surface area contributed by atoms with Crippen molar-refractivity contribution in [2.24, 2.45) is 0 Å². The largest absolute Gasteiger partial charge is 0.362 e. The summed E-state index contributed by atoms with van der Waals surface area (Å²) < 4.78 is 2.26. The maximum absolute atomic E-state index is 12.2. The number of amides is 2. The number of carbonyl (C=O) groups is 1. The number of rotatable bonds is 3. The molecule has 0 unspecified atom stereocenters. The summed E-state index contributed by atoms with van der Waals surface area (Å²) in [4.78, 5) is 19.2. The quantitative estimate of drug-likeness (QED) is 0.472. The Morgan fingerprint density at radius 1 is 0.900 bits per heavy atom. The van der Waals surface area contributed by atoms with E-state index in [2.05, 4.69) is 20.1 Å². The molecule has 30 heavy (non-hydrogen) atoms. The predicted molar refractivity (Wildman–Crippen MR) is 121 cm³/mol. The van der Waals surface area contributed by atoms with Gasteiger partial charge in [-0.15, -0.1) is 0 Å². The number of benzene rings is 3. The number of hydrogen-bond donors (Lipinski definition) is 2. The van der Waals surface area contributed by atoms with Gasteiger partial charge in [-0.25, -0.2) is 9.78 Å². The Morgan fingerprint density at radius 3 is 2.40 bits per heavy atom. The highest BCUT2D eigenvalue weighted by molar-refractivity contribution is 6.31. The molecule has 7 heteroatoms. The van der Waals surface area contributed by atoms with E-state index in [1.807, 2.05) is 72.8 Å². The predicted octanol–water partition coefficient (Wildman–Crippen LogP) is 5.35. The summed E-state index contributed by atoms with van der Waals surface area (Å²) in [6.45, 7) is 2.49. The Hall–Kier alpha value is -3.51. The second-order valence-corrected chi connectivity index (χ2v) is 7.66. The molecule has 1 aliphatic rings. The molecule has 5 rings (SSSR count). The van der Waals surface area contributed by atoms with E-state index in [4.69, 9.17) is 16.6 Å². The fraction of sp³-hybridized carbons (Fsp3) is 0.130. The van der Waals surface area contributed by atoms with Crippen molar-refractivity contribution in [3.05, 3.63) is 83.6 Å². The number of urea groups is 1. The van der Waals surface area contributed by atoms with Crippen molar-refractivity contribution in [3.63, 3.8) is 0 Å². The molecule has 3 aromatic carbocycles. The van der Waals surface area contributed by atoms with E-state index in [1.165, 1.54) is 0 Å². The SMILES string of the molecule is O=C(Nc1ccccc1)Nc1ccc(N2CCn3c(nc4cc(Cl)ccc43)C2)cc1. The van der Waals surface area contributed by atoms with Crippen molar-refractivity contribution in [1.29, 1.82) is 0 Å². The molecule has 0 bridgehead atoms. The topological polar surface area (TPSA) is 62.2 Å². The van der Waals surface area contributed by atoms with E-state index in [0.717, 1.165) is 53.6 Å². The van der Waals surface area contributed by atoms with Gasteiger partial charge in [0.1, 0.15) is 5.82 Å². The molecule has 2 N–H and O–H groups in total. The third kappa shape index (κ3) is 3.69. The van der Waals surface area contributed by atoms with E-state index in [1.54, 1.807) is 0 Å². The molecule has 0 saturated carbocycles. The number of halogens is 1. The molecule has 0 aliphatic carbocycles. The molecule has 0 saturated heterocycles. The zero-order valence-corrected chi connectivity index (χ0v) is 16.9. The lowest BCUT2D eigenvalue weighted by molar-refractivity contribution is 0.262. The van der Waals surface area contributed by atoms with Gasteiger partial charge in [-0.3, -0.25) is 0 Å². The lowest BCUT2D eigenvalue weighted by atomic mass is 10.2. The van der Waals surface area contributed by atoms with Crippen LogP contribution in [0.2, 0.25) is 5.02 Å². The number of nitrogens with one attached hydrogen (secondary N) is 2. The van der Waals surface area contributed by atoms with Gasteiger partial charge in [0.05, 0.1) is 17.6 Å². The summed E-state index contributed by atoms with van der Waals surface area (Å²) in [5.74, 6) is 1.03. The fourth-order valence-electron chi connectivity index (χ4n) is 3.78. The van der Waals surface area contributed by atoms with Gasteiger partial charge in [0.2, 0.25) is 0 Å². The zero-order chi connectivity index (χ0) is 20.5. The molecule has 6 nitrogen and oxygen atoms in total. The normalized spacial score (nSPS) is 13.2. The number of anilines is 3. The Kier molecular flexibility index (Phi) is 4.77. The summed E-state index contributed by atoms with van der Waals surface area (Å²) in [5.41, 5.74) is 4.65. The molecular weight excluding hydrogens is 398 g/mol. The van der Waals surface area contributed by atoms with Gasteiger partial charge in [-0.05, 0) is 54.6 Å². The highest BCUT2D eigenvalue weighted by Crippen LogP contribution is 2.27. The minimum absolute atomic E-state index is 0.265. The van der Waals surface area contributed by atoms with Gasteiger partial charge < -0.3 is 20.1 Å². The molecule has 0 spiro atoms. The first kappa shape index (κ1) is 18.5. The molecule has 4 aromatic rings. The van der Waals surface area contributed by atoms with Gasteiger partial charge in [-0.1, -0.05) is 29.8 Å². The molecule has 0 radical (unpaired) electrons. The van der Waals surface area contributed by atoms with E-state index < -0.39 is 0 Å². The van der Waals surface area contributed by atoms with Crippen molar-refractivity contribution in [3.8, 4) is 0 Å². The molecule has 1 aliphatic heterocycles. The number of carbonyl (C=O) groups excluding carboxylic acids is 1. The second kappa shape index (κ2) is 7.72. The number of hydrogen-bond acceptors (Lipinski definition) is 3.